The molecule has 118 valence electrons. The van der Waals surface area contributed by atoms with Crippen LogP contribution in [0.3, 0.4) is 0 Å². The molecule has 1 aliphatic carbocycles. The SMILES string of the molecule is CC(C)CNCC1CCc2nc(CC(F)(F)F)ncc2C1. The third-order valence-electron chi connectivity index (χ3n) is 3.65. The number of halogens is 3. The Morgan fingerprint density at radius 2 is 2.14 bits per heavy atom. The lowest BCUT2D eigenvalue weighted by Gasteiger charge is -2.24. The van der Waals surface area contributed by atoms with Crippen LogP contribution in [0.4, 0.5) is 13.2 Å². The van der Waals surface area contributed by atoms with Gasteiger partial charge in [0.25, 0.3) is 0 Å². The van der Waals surface area contributed by atoms with Gasteiger partial charge in [-0.1, -0.05) is 13.8 Å². The van der Waals surface area contributed by atoms with Crippen molar-refractivity contribution in [2.24, 2.45) is 11.8 Å². The van der Waals surface area contributed by atoms with Crippen molar-refractivity contribution in [3.05, 3.63) is 23.3 Å². The molecule has 1 aromatic heterocycles. The summed E-state index contributed by atoms with van der Waals surface area (Å²) in [6.45, 7) is 6.27. The van der Waals surface area contributed by atoms with Crippen LogP contribution in [-0.4, -0.2) is 29.2 Å². The number of aryl methyl sites for hydroxylation is 1. The number of aromatic nitrogens is 2. The van der Waals surface area contributed by atoms with Crippen molar-refractivity contribution in [2.75, 3.05) is 13.1 Å². The number of hydrogen-bond acceptors (Lipinski definition) is 3. The van der Waals surface area contributed by atoms with Crippen molar-refractivity contribution in [3.8, 4) is 0 Å². The number of nitrogens with one attached hydrogen (secondary N) is 1. The van der Waals surface area contributed by atoms with Crippen molar-refractivity contribution in [1.82, 2.24) is 15.3 Å². The molecule has 1 unspecified atom stereocenters. The van der Waals surface area contributed by atoms with Gasteiger partial charge in [0.15, 0.2) is 0 Å². The number of rotatable bonds is 5. The molecule has 0 aliphatic heterocycles. The highest BCUT2D eigenvalue weighted by Gasteiger charge is 2.30. The lowest BCUT2D eigenvalue weighted by Crippen LogP contribution is -2.30. The van der Waals surface area contributed by atoms with E-state index in [-0.39, 0.29) is 5.82 Å². The lowest BCUT2D eigenvalue weighted by atomic mass is 9.87. The zero-order valence-corrected chi connectivity index (χ0v) is 12.5. The highest BCUT2D eigenvalue weighted by atomic mass is 19.4. The maximum atomic E-state index is 12.4. The summed E-state index contributed by atoms with van der Waals surface area (Å²) in [6.07, 6.45) is -1.13. The standard InChI is InChI=1S/C15H22F3N3/c1-10(2)7-19-8-11-3-4-13-12(5-11)9-20-14(21-13)6-15(16,17)18/h9-11,19H,3-8H2,1-2H3. The first kappa shape index (κ1) is 16.2. The van der Waals surface area contributed by atoms with E-state index in [9.17, 15) is 13.2 Å². The average molecular weight is 301 g/mol. The van der Waals surface area contributed by atoms with Crippen LogP contribution in [-0.2, 0) is 19.3 Å². The van der Waals surface area contributed by atoms with Crippen LogP contribution in [0.15, 0.2) is 6.20 Å². The number of nitrogens with zero attached hydrogens (tertiary/aromatic N) is 2. The van der Waals surface area contributed by atoms with Crippen molar-refractivity contribution in [1.29, 1.82) is 0 Å². The summed E-state index contributed by atoms with van der Waals surface area (Å²) in [4.78, 5) is 7.96. The minimum Gasteiger partial charge on any atom is -0.316 e. The van der Waals surface area contributed by atoms with Crippen LogP contribution < -0.4 is 5.32 Å². The molecule has 0 saturated carbocycles. The molecular weight excluding hydrogens is 279 g/mol. The predicted molar refractivity (Wildman–Crippen MR) is 75.0 cm³/mol. The maximum Gasteiger partial charge on any atom is 0.396 e. The Kier molecular flexibility index (Phi) is 5.19. The Morgan fingerprint density at radius 1 is 1.38 bits per heavy atom. The van der Waals surface area contributed by atoms with Gasteiger partial charge in [-0.3, -0.25) is 0 Å². The fourth-order valence-corrected chi connectivity index (χ4v) is 2.64. The molecule has 0 aromatic carbocycles. The Morgan fingerprint density at radius 3 is 2.81 bits per heavy atom. The lowest BCUT2D eigenvalue weighted by molar-refractivity contribution is -0.128. The van der Waals surface area contributed by atoms with Gasteiger partial charge < -0.3 is 5.32 Å². The summed E-state index contributed by atoms with van der Waals surface area (Å²) >= 11 is 0. The van der Waals surface area contributed by atoms with E-state index < -0.39 is 12.6 Å². The predicted octanol–water partition coefficient (Wildman–Crippen LogP) is 2.93. The van der Waals surface area contributed by atoms with Crippen LogP contribution in [0.5, 0.6) is 0 Å². The first-order valence-electron chi connectivity index (χ1n) is 7.44. The highest BCUT2D eigenvalue weighted by molar-refractivity contribution is 5.21. The van der Waals surface area contributed by atoms with Crippen molar-refractivity contribution in [2.45, 2.75) is 45.7 Å². The largest absolute Gasteiger partial charge is 0.396 e. The molecule has 1 atom stereocenters. The van der Waals surface area contributed by atoms with Crippen LogP contribution in [0.2, 0.25) is 0 Å². The van der Waals surface area contributed by atoms with Crippen LogP contribution in [0.25, 0.3) is 0 Å². The first-order chi connectivity index (χ1) is 9.83. The molecule has 1 aromatic rings. The number of alkyl halides is 3. The zero-order chi connectivity index (χ0) is 15.5. The van der Waals surface area contributed by atoms with Crippen LogP contribution >= 0.6 is 0 Å². The van der Waals surface area contributed by atoms with E-state index in [0.29, 0.717) is 11.8 Å². The summed E-state index contributed by atoms with van der Waals surface area (Å²) in [6, 6.07) is 0. The van der Waals surface area contributed by atoms with E-state index in [0.717, 1.165) is 43.6 Å². The third-order valence-corrected chi connectivity index (χ3v) is 3.65. The Balaban J connectivity index is 1.93. The summed E-state index contributed by atoms with van der Waals surface area (Å²) in [5.74, 6) is 1.03. The van der Waals surface area contributed by atoms with E-state index >= 15 is 0 Å². The summed E-state index contributed by atoms with van der Waals surface area (Å²) in [5.41, 5.74) is 1.80. The Bertz CT molecular complexity index is 472. The quantitative estimate of drug-likeness (QED) is 0.908. The van der Waals surface area contributed by atoms with Crippen molar-refractivity contribution >= 4 is 0 Å². The van der Waals surface area contributed by atoms with Gasteiger partial charge in [-0.2, -0.15) is 13.2 Å². The van der Waals surface area contributed by atoms with Crippen LogP contribution in [0, 0.1) is 11.8 Å². The molecule has 2 rings (SSSR count). The molecule has 1 aliphatic rings. The summed E-state index contributed by atoms with van der Waals surface area (Å²) in [7, 11) is 0. The molecule has 0 spiro atoms. The topological polar surface area (TPSA) is 37.8 Å². The van der Waals surface area contributed by atoms with Gasteiger partial charge in [0, 0.05) is 11.9 Å². The second-order valence-corrected chi connectivity index (χ2v) is 6.21. The van der Waals surface area contributed by atoms with Gasteiger partial charge in [0.1, 0.15) is 12.2 Å². The van der Waals surface area contributed by atoms with Gasteiger partial charge >= 0.3 is 6.18 Å². The minimum atomic E-state index is -4.24. The average Bonchev–Trinajstić information content (AvgIpc) is 2.36. The van der Waals surface area contributed by atoms with E-state index in [2.05, 4.69) is 29.1 Å². The third kappa shape index (κ3) is 5.26. The highest BCUT2D eigenvalue weighted by Crippen LogP contribution is 2.25. The first-order valence-corrected chi connectivity index (χ1v) is 7.44. The fraction of sp³-hybridized carbons (Fsp3) is 0.733. The molecule has 1 N–H and O–H groups in total. The molecule has 1 heterocycles. The normalized spacial score (nSPS) is 18.9. The molecule has 3 nitrogen and oxygen atoms in total. The van der Waals surface area contributed by atoms with Crippen LogP contribution in [0.1, 0.15) is 37.4 Å². The molecule has 0 amide bonds. The molecule has 0 radical (unpaired) electrons. The van der Waals surface area contributed by atoms with Gasteiger partial charge in [-0.05, 0) is 49.8 Å². The number of hydrogen-bond donors (Lipinski definition) is 1. The van der Waals surface area contributed by atoms with E-state index in [1.54, 1.807) is 6.20 Å². The summed E-state index contributed by atoms with van der Waals surface area (Å²) < 4.78 is 37.1. The Hall–Kier alpha value is -1.17. The molecule has 0 fully saturated rings. The van der Waals surface area contributed by atoms with E-state index in [1.807, 2.05) is 0 Å². The second-order valence-electron chi connectivity index (χ2n) is 6.21. The van der Waals surface area contributed by atoms with Gasteiger partial charge in [-0.15, -0.1) is 0 Å². The van der Waals surface area contributed by atoms with Gasteiger partial charge in [0.2, 0.25) is 0 Å². The smallest absolute Gasteiger partial charge is 0.316 e. The van der Waals surface area contributed by atoms with E-state index in [1.165, 1.54) is 0 Å². The minimum absolute atomic E-state index is 0.113. The monoisotopic (exact) mass is 301 g/mol. The molecular formula is C15H22F3N3. The van der Waals surface area contributed by atoms with Crippen molar-refractivity contribution < 1.29 is 13.2 Å². The van der Waals surface area contributed by atoms with E-state index in [4.69, 9.17) is 0 Å². The maximum absolute atomic E-state index is 12.4. The molecule has 0 bridgehead atoms. The van der Waals surface area contributed by atoms with Crippen molar-refractivity contribution in [3.63, 3.8) is 0 Å². The van der Waals surface area contributed by atoms with Gasteiger partial charge in [-0.25, -0.2) is 9.97 Å². The fourth-order valence-electron chi connectivity index (χ4n) is 2.64. The molecule has 21 heavy (non-hydrogen) atoms. The zero-order valence-electron chi connectivity index (χ0n) is 12.5. The molecule has 6 heteroatoms. The summed E-state index contributed by atoms with van der Waals surface area (Å²) in [5, 5.41) is 3.44. The second kappa shape index (κ2) is 6.73. The Labute approximate surface area is 123 Å². The van der Waals surface area contributed by atoms with Gasteiger partial charge in [0.05, 0.1) is 0 Å². The number of fused-ring (bicyclic) bond motifs is 1. The molecule has 0 saturated heterocycles.